The first kappa shape index (κ1) is 12.4. The van der Waals surface area contributed by atoms with Gasteiger partial charge in [-0.1, -0.05) is 30.3 Å². The Bertz CT molecular complexity index is 536. The van der Waals surface area contributed by atoms with Gasteiger partial charge < -0.3 is 5.32 Å². The molecule has 19 heavy (non-hydrogen) atoms. The second-order valence-electron chi connectivity index (χ2n) is 5.29. The van der Waals surface area contributed by atoms with Crippen molar-refractivity contribution in [2.24, 2.45) is 0 Å². The van der Waals surface area contributed by atoms with E-state index in [-0.39, 0.29) is 6.04 Å². The van der Waals surface area contributed by atoms with E-state index >= 15 is 0 Å². The van der Waals surface area contributed by atoms with E-state index in [9.17, 15) is 0 Å². The molecule has 1 heterocycles. The van der Waals surface area contributed by atoms with Gasteiger partial charge in [0.15, 0.2) is 0 Å². The summed E-state index contributed by atoms with van der Waals surface area (Å²) in [6, 6.07) is 15.7. The van der Waals surface area contributed by atoms with Gasteiger partial charge in [0, 0.05) is 18.3 Å². The van der Waals surface area contributed by atoms with E-state index in [2.05, 4.69) is 53.6 Å². The van der Waals surface area contributed by atoms with Crippen molar-refractivity contribution in [1.29, 1.82) is 0 Å². The molecule has 98 valence electrons. The summed E-state index contributed by atoms with van der Waals surface area (Å²) >= 11 is 0. The Hall–Kier alpha value is -1.67. The molecule has 3 rings (SSSR count). The van der Waals surface area contributed by atoms with Crippen molar-refractivity contribution in [3.8, 4) is 0 Å². The zero-order valence-corrected chi connectivity index (χ0v) is 11.3. The first-order valence-electron chi connectivity index (χ1n) is 7.09. The van der Waals surface area contributed by atoms with Crippen LogP contribution in [-0.2, 0) is 6.42 Å². The standard InChI is InChI=1S/C17H20N2/c1-13(16-10-4-5-12-18-16)19-17-11-6-8-14-7-2-3-9-15(14)17/h2-5,7,9-10,12-13,17,19H,6,8,11H2,1H3/t13-,17?/m1/s1. The zero-order chi connectivity index (χ0) is 13.1. The first-order chi connectivity index (χ1) is 9.34. The molecule has 1 unspecified atom stereocenters. The van der Waals surface area contributed by atoms with E-state index in [0.717, 1.165) is 5.69 Å². The second kappa shape index (κ2) is 5.54. The van der Waals surface area contributed by atoms with Crippen LogP contribution in [0.3, 0.4) is 0 Å². The highest BCUT2D eigenvalue weighted by molar-refractivity contribution is 5.32. The molecule has 0 saturated heterocycles. The molecule has 0 fully saturated rings. The molecular formula is C17H20N2. The van der Waals surface area contributed by atoms with Crippen LogP contribution >= 0.6 is 0 Å². The summed E-state index contributed by atoms with van der Waals surface area (Å²) < 4.78 is 0. The molecule has 0 saturated carbocycles. The maximum atomic E-state index is 4.44. The lowest BCUT2D eigenvalue weighted by Crippen LogP contribution is -2.28. The van der Waals surface area contributed by atoms with Crippen molar-refractivity contribution in [3.05, 3.63) is 65.5 Å². The molecule has 0 amide bonds. The van der Waals surface area contributed by atoms with Gasteiger partial charge in [0.2, 0.25) is 0 Å². The highest BCUT2D eigenvalue weighted by Gasteiger charge is 2.21. The molecule has 2 nitrogen and oxygen atoms in total. The minimum atomic E-state index is 0.289. The van der Waals surface area contributed by atoms with Gasteiger partial charge in [0.1, 0.15) is 0 Å². The highest BCUT2D eigenvalue weighted by Crippen LogP contribution is 2.31. The molecule has 0 bridgehead atoms. The van der Waals surface area contributed by atoms with Gasteiger partial charge in [0.05, 0.1) is 5.69 Å². The number of benzene rings is 1. The summed E-state index contributed by atoms with van der Waals surface area (Å²) in [4.78, 5) is 4.44. The third kappa shape index (κ3) is 2.69. The van der Waals surface area contributed by atoms with Crippen molar-refractivity contribution in [2.75, 3.05) is 0 Å². The predicted molar refractivity (Wildman–Crippen MR) is 77.9 cm³/mol. The van der Waals surface area contributed by atoms with Gasteiger partial charge >= 0.3 is 0 Å². The number of pyridine rings is 1. The van der Waals surface area contributed by atoms with Crippen LogP contribution in [0.1, 0.15) is 48.7 Å². The Morgan fingerprint density at radius 3 is 2.84 bits per heavy atom. The van der Waals surface area contributed by atoms with Crippen LogP contribution in [0.5, 0.6) is 0 Å². The maximum absolute atomic E-state index is 4.44. The normalized spacial score (nSPS) is 19.7. The van der Waals surface area contributed by atoms with E-state index in [4.69, 9.17) is 0 Å². The van der Waals surface area contributed by atoms with Crippen molar-refractivity contribution in [3.63, 3.8) is 0 Å². The first-order valence-corrected chi connectivity index (χ1v) is 7.09. The van der Waals surface area contributed by atoms with Crippen LogP contribution in [0.2, 0.25) is 0 Å². The van der Waals surface area contributed by atoms with Crippen molar-refractivity contribution < 1.29 is 0 Å². The van der Waals surface area contributed by atoms with Gasteiger partial charge in [-0.2, -0.15) is 0 Å². The molecule has 0 radical (unpaired) electrons. The molecule has 1 aliphatic carbocycles. The topological polar surface area (TPSA) is 24.9 Å². The highest BCUT2D eigenvalue weighted by atomic mass is 15.0. The number of rotatable bonds is 3. The van der Waals surface area contributed by atoms with Crippen molar-refractivity contribution in [2.45, 2.75) is 38.3 Å². The summed E-state index contributed by atoms with van der Waals surface area (Å²) in [5, 5.41) is 3.73. The van der Waals surface area contributed by atoms with E-state index in [1.165, 1.54) is 30.4 Å². The Labute approximate surface area is 114 Å². The lowest BCUT2D eigenvalue weighted by atomic mass is 9.87. The fourth-order valence-corrected chi connectivity index (χ4v) is 2.95. The summed E-state index contributed by atoms with van der Waals surface area (Å²) in [6.45, 7) is 2.19. The van der Waals surface area contributed by atoms with Crippen LogP contribution in [-0.4, -0.2) is 4.98 Å². The van der Waals surface area contributed by atoms with Crippen molar-refractivity contribution in [1.82, 2.24) is 10.3 Å². The monoisotopic (exact) mass is 252 g/mol. The van der Waals surface area contributed by atoms with Gasteiger partial charge in [-0.3, -0.25) is 4.98 Å². The van der Waals surface area contributed by atoms with Crippen molar-refractivity contribution >= 4 is 0 Å². The quantitative estimate of drug-likeness (QED) is 0.898. The number of aryl methyl sites for hydroxylation is 1. The fraction of sp³-hybridized carbons (Fsp3) is 0.353. The molecule has 1 N–H and O–H groups in total. The lowest BCUT2D eigenvalue weighted by Gasteiger charge is -2.29. The Balaban J connectivity index is 1.78. The number of aromatic nitrogens is 1. The molecule has 1 aromatic carbocycles. The third-order valence-electron chi connectivity index (χ3n) is 3.95. The van der Waals surface area contributed by atoms with E-state index in [1.807, 2.05) is 12.3 Å². The zero-order valence-electron chi connectivity index (χ0n) is 11.3. The fourth-order valence-electron chi connectivity index (χ4n) is 2.95. The summed E-state index contributed by atoms with van der Waals surface area (Å²) in [7, 11) is 0. The van der Waals surface area contributed by atoms with Crippen LogP contribution in [0.25, 0.3) is 0 Å². The molecule has 2 atom stereocenters. The van der Waals surface area contributed by atoms with Crippen LogP contribution < -0.4 is 5.32 Å². The molecule has 1 aromatic heterocycles. The van der Waals surface area contributed by atoms with E-state index in [0.29, 0.717) is 6.04 Å². The van der Waals surface area contributed by atoms with E-state index < -0.39 is 0 Å². The average Bonchev–Trinajstić information content (AvgIpc) is 2.48. The maximum Gasteiger partial charge on any atom is 0.0570 e. The summed E-state index contributed by atoms with van der Waals surface area (Å²) in [5.74, 6) is 0. The van der Waals surface area contributed by atoms with Gasteiger partial charge in [-0.15, -0.1) is 0 Å². The SMILES string of the molecule is C[C@@H](NC1CCCc2ccccc21)c1ccccn1. The largest absolute Gasteiger partial charge is 0.302 e. The minimum Gasteiger partial charge on any atom is -0.302 e. The second-order valence-corrected chi connectivity index (χ2v) is 5.29. The average molecular weight is 252 g/mol. The minimum absolute atomic E-state index is 0.289. The molecule has 0 spiro atoms. The Kier molecular flexibility index (Phi) is 3.60. The Morgan fingerprint density at radius 1 is 1.16 bits per heavy atom. The predicted octanol–water partition coefficient (Wildman–Crippen LogP) is 3.81. The van der Waals surface area contributed by atoms with Crippen LogP contribution in [0.15, 0.2) is 48.7 Å². The molecule has 0 aliphatic heterocycles. The number of hydrogen-bond donors (Lipinski definition) is 1. The van der Waals surface area contributed by atoms with Gasteiger partial charge in [-0.05, 0) is 49.4 Å². The number of nitrogens with one attached hydrogen (secondary N) is 1. The molecule has 2 aromatic rings. The molecule has 1 aliphatic rings. The number of hydrogen-bond acceptors (Lipinski definition) is 2. The van der Waals surface area contributed by atoms with E-state index in [1.54, 1.807) is 0 Å². The smallest absolute Gasteiger partial charge is 0.0570 e. The summed E-state index contributed by atoms with van der Waals surface area (Å²) in [6.07, 6.45) is 5.56. The summed E-state index contributed by atoms with van der Waals surface area (Å²) in [5.41, 5.74) is 4.08. The van der Waals surface area contributed by atoms with Gasteiger partial charge in [0.25, 0.3) is 0 Å². The van der Waals surface area contributed by atoms with Crippen LogP contribution in [0, 0.1) is 0 Å². The number of fused-ring (bicyclic) bond motifs is 1. The van der Waals surface area contributed by atoms with Gasteiger partial charge in [-0.25, -0.2) is 0 Å². The third-order valence-corrected chi connectivity index (χ3v) is 3.95. The number of nitrogens with zero attached hydrogens (tertiary/aromatic N) is 1. The Morgan fingerprint density at radius 2 is 2.00 bits per heavy atom. The molecule has 2 heteroatoms. The lowest BCUT2D eigenvalue weighted by molar-refractivity contribution is 0.411. The van der Waals surface area contributed by atoms with Crippen LogP contribution in [0.4, 0.5) is 0 Å². The molecular weight excluding hydrogens is 232 g/mol.